The number of hydrogen-bond donors (Lipinski definition) is 1. The van der Waals surface area contributed by atoms with E-state index in [9.17, 15) is 0 Å². The first-order valence-corrected chi connectivity index (χ1v) is 7.11. The van der Waals surface area contributed by atoms with Crippen molar-refractivity contribution in [1.82, 2.24) is 9.88 Å². The molecule has 2 N–H and O–H groups in total. The van der Waals surface area contributed by atoms with Crippen molar-refractivity contribution in [1.29, 1.82) is 0 Å². The minimum atomic E-state index is 0. The van der Waals surface area contributed by atoms with Gasteiger partial charge in [0.15, 0.2) is 5.76 Å². The summed E-state index contributed by atoms with van der Waals surface area (Å²) < 4.78 is 5.85. The molecule has 0 spiro atoms. The minimum Gasteiger partial charge on any atom is -0.439 e. The molecule has 0 aliphatic carbocycles. The molecule has 22 heavy (non-hydrogen) atoms. The Morgan fingerprint density at radius 3 is 2.64 bits per heavy atom. The number of likely N-dealkylation sites (tertiary alicyclic amines) is 1. The molecule has 1 aromatic carbocycles. The third kappa shape index (κ3) is 4.23. The van der Waals surface area contributed by atoms with Crippen LogP contribution in [0, 0.1) is 5.41 Å². The highest BCUT2D eigenvalue weighted by molar-refractivity contribution is 5.85. The standard InChI is InChI=1S/C16H21N3O.2ClH/c1-16(11-17)7-8-19(12-16)10-15-18-9-14(20-15)13-5-3-2-4-6-13;;/h2-6,9H,7-8,10-12,17H2,1H3;2*1H. The molecule has 0 saturated carbocycles. The summed E-state index contributed by atoms with van der Waals surface area (Å²) in [5.74, 6) is 1.62. The largest absolute Gasteiger partial charge is 0.439 e. The first-order valence-electron chi connectivity index (χ1n) is 7.11. The normalized spacial score (nSPS) is 21.2. The van der Waals surface area contributed by atoms with Gasteiger partial charge in [0.2, 0.25) is 5.89 Å². The Bertz CT molecular complexity index is 576. The highest BCUT2D eigenvalue weighted by Gasteiger charge is 2.32. The summed E-state index contributed by atoms with van der Waals surface area (Å²) in [4.78, 5) is 6.76. The lowest BCUT2D eigenvalue weighted by atomic mass is 9.90. The third-order valence-electron chi connectivity index (χ3n) is 4.10. The maximum atomic E-state index is 5.85. The quantitative estimate of drug-likeness (QED) is 0.924. The number of rotatable bonds is 4. The van der Waals surface area contributed by atoms with Crippen molar-refractivity contribution < 1.29 is 4.42 Å². The number of aromatic nitrogens is 1. The number of benzene rings is 1. The summed E-state index contributed by atoms with van der Waals surface area (Å²) in [5, 5.41) is 0. The first-order chi connectivity index (χ1) is 9.68. The summed E-state index contributed by atoms with van der Waals surface area (Å²) in [6.07, 6.45) is 2.96. The van der Waals surface area contributed by atoms with Crippen molar-refractivity contribution in [2.45, 2.75) is 19.9 Å². The Morgan fingerprint density at radius 1 is 1.27 bits per heavy atom. The number of hydrogen-bond acceptors (Lipinski definition) is 4. The van der Waals surface area contributed by atoms with Crippen molar-refractivity contribution in [2.24, 2.45) is 11.1 Å². The molecule has 2 heterocycles. The summed E-state index contributed by atoms with van der Waals surface area (Å²) in [7, 11) is 0. The van der Waals surface area contributed by atoms with E-state index in [1.54, 1.807) is 0 Å². The average Bonchev–Trinajstić information content (AvgIpc) is 3.08. The van der Waals surface area contributed by atoms with E-state index in [0.29, 0.717) is 0 Å². The van der Waals surface area contributed by atoms with Crippen LogP contribution in [-0.4, -0.2) is 29.5 Å². The van der Waals surface area contributed by atoms with Crippen molar-refractivity contribution in [3.8, 4) is 11.3 Å². The summed E-state index contributed by atoms with van der Waals surface area (Å²) in [5.41, 5.74) is 7.15. The van der Waals surface area contributed by atoms with E-state index in [1.165, 1.54) is 0 Å². The minimum absolute atomic E-state index is 0. The molecule has 4 nitrogen and oxygen atoms in total. The van der Waals surface area contributed by atoms with Crippen LogP contribution in [0.5, 0.6) is 0 Å². The predicted octanol–water partition coefficient (Wildman–Crippen LogP) is 3.36. The Labute approximate surface area is 143 Å². The molecule has 1 aliphatic rings. The van der Waals surface area contributed by atoms with E-state index in [2.05, 4.69) is 16.8 Å². The number of nitrogens with two attached hydrogens (primary N) is 1. The van der Waals surface area contributed by atoms with Gasteiger partial charge in [-0.3, -0.25) is 4.90 Å². The predicted molar refractivity (Wildman–Crippen MR) is 93.5 cm³/mol. The van der Waals surface area contributed by atoms with E-state index in [0.717, 1.165) is 49.8 Å². The van der Waals surface area contributed by atoms with E-state index in [4.69, 9.17) is 10.2 Å². The molecule has 0 bridgehead atoms. The van der Waals surface area contributed by atoms with Crippen LogP contribution in [0.15, 0.2) is 40.9 Å². The van der Waals surface area contributed by atoms with E-state index in [1.807, 2.05) is 36.5 Å². The Kier molecular flexibility index (Phi) is 6.88. The molecule has 1 fully saturated rings. The highest BCUT2D eigenvalue weighted by Crippen LogP contribution is 2.29. The highest BCUT2D eigenvalue weighted by atomic mass is 35.5. The van der Waals surface area contributed by atoms with Gasteiger partial charge in [-0.25, -0.2) is 4.98 Å². The van der Waals surface area contributed by atoms with Gasteiger partial charge in [0.25, 0.3) is 0 Å². The molecule has 1 aromatic heterocycles. The van der Waals surface area contributed by atoms with Gasteiger partial charge in [-0.05, 0) is 24.9 Å². The first kappa shape index (κ1) is 19.0. The third-order valence-corrected chi connectivity index (χ3v) is 4.10. The fourth-order valence-corrected chi connectivity index (χ4v) is 2.74. The molecular formula is C16H23Cl2N3O. The van der Waals surface area contributed by atoms with Crippen LogP contribution in [0.1, 0.15) is 19.2 Å². The van der Waals surface area contributed by atoms with Crippen LogP contribution in [-0.2, 0) is 6.54 Å². The fraction of sp³-hybridized carbons (Fsp3) is 0.438. The molecular weight excluding hydrogens is 321 g/mol. The summed E-state index contributed by atoms with van der Waals surface area (Å²) >= 11 is 0. The Balaban J connectivity index is 0.00000121. The maximum absolute atomic E-state index is 5.85. The van der Waals surface area contributed by atoms with Gasteiger partial charge in [0.1, 0.15) is 0 Å². The van der Waals surface area contributed by atoms with Gasteiger partial charge in [0, 0.05) is 12.1 Å². The molecule has 0 radical (unpaired) electrons. The molecule has 1 aliphatic heterocycles. The molecule has 1 unspecified atom stereocenters. The Morgan fingerprint density at radius 2 is 2.00 bits per heavy atom. The van der Waals surface area contributed by atoms with Crippen molar-refractivity contribution in [3.63, 3.8) is 0 Å². The van der Waals surface area contributed by atoms with Crippen LogP contribution in [0.4, 0.5) is 0 Å². The monoisotopic (exact) mass is 343 g/mol. The second-order valence-corrected chi connectivity index (χ2v) is 5.96. The number of nitrogens with zero attached hydrogens (tertiary/aromatic N) is 2. The Hall–Kier alpha value is -1.07. The van der Waals surface area contributed by atoms with Gasteiger partial charge in [-0.15, -0.1) is 24.8 Å². The lowest BCUT2D eigenvalue weighted by molar-refractivity contribution is 0.252. The van der Waals surface area contributed by atoms with Crippen LogP contribution in [0.25, 0.3) is 11.3 Å². The van der Waals surface area contributed by atoms with Gasteiger partial charge in [0.05, 0.1) is 12.7 Å². The molecule has 2 aromatic rings. The summed E-state index contributed by atoms with van der Waals surface area (Å²) in [6.45, 7) is 5.84. The molecule has 122 valence electrons. The van der Waals surface area contributed by atoms with Gasteiger partial charge in [-0.2, -0.15) is 0 Å². The smallest absolute Gasteiger partial charge is 0.209 e. The van der Waals surface area contributed by atoms with Gasteiger partial charge < -0.3 is 10.2 Å². The maximum Gasteiger partial charge on any atom is 0.209 e. The molecule has 6 heteroatoms. The zero-order valence-corrected chi connectivity index (χ0v) is 14.3. The molecule has 1 atom stereocenters. The van der Waals surface area contributed by atoms with Crippen LogP contribution >= 0.6 is 24.8 Å². The zero-order chi connectivity index (χ0) is 14.0. The van der Waals surface area contributed by atoms with Crippen molar-refractivity contribution in [2.75, 3.05) is 19.6 Å². The van der Waals surface area contributed by atoms with Crippen LogP contribution < -0.4 is 5.73 Å². The van der Waals surface area contributed by atoms with E-state index < -0.39 is 0 Å². The van der Waals surface area contributed by atoms with Crippen LogP contribution in [0.3, 0.4) is 0 Å². The average molecular weight is 344 g/mol. The topological polar surface area (TPSA) is 55.3 Å². The van der Waals surface area contributed by atoms with Crippen molar-refractivity contribution >= 4 is 24.8 Å². The lowest BCUT2D eigenvalue weighted by Gasteiger charge is -2.21. The SMILES string of the molecule is CC1(CN)CCN(Cc2ncc(-c3ccccc3)o2)C1.Cl.Cl. The second-order valence-electron chi connectivity index (χ2n) is 5.96. The van der Waals surface area contributed by atoms with Gasteiger partial charge >= 0.3 is 0 Å². The number of halogens is 2. The van der Waals surface area contributed by atoms with E-state index >= 15 is 0 Å². The lowest BCUT2D eigenvalue weighted by Crippen LogP contribution is -2.31. The summed E-state index contributed by atoms with van der Waals surface area (Å²) in [6, 6.07) is 10.1. The van der Waals surface area contributed by atoms with Gasteiger partial charge in [-0.1, -0.05) is 37.3 Å². The molecule has 1 saturated heterocycles. The van der Waals surface area contributed by atoms with Crippen LogP contribution in [0.2, 0.25) is 0 Å². The number of oxazole rings is 1. The molecule has 0 amide bonds. The van der Waals surface area contributed by atoms with Crippen molar-refractivity contribution in [3.05, 3.63) is 42.4 Å². The second kappa shape index (κ2) is 7.97. The van der Waals surface area contributed by atoms with E-state index in [-0.39, 0.29) is 30.2 Å². The fourth-order valence-electron chi connectivity index (χ4n) is 2.74. The molecule has 3 rings (SSSR count). The zero-order valence-electron chi connectivity index (χ0n) is 12.7.